The van der Waals surface area contributed by atoms with Crippen molar-refractivity contribution in [3.05, 3.63) is 71.6 Å². The Labute approximate surface area is 145 Å². The molecule has 124 valence electrons. The van der Waals surface area contributed by atoms with Crippen LogP contribution in [0.3, 0.4) is 0 Å². The number of hydrogen-bond donors (Lipinski definition) is 0. The maximum Gasteiger partial charge on any atom is 0.110 e. The van der Waals surface area contributed by atoms with Crippen LogP contribution in [0.15, 0.2) is 54.9 Å². The second-order valence-corrected chi connectivity index (χ2v) is 7.46. The fourth-order valence-electron chi connectivity index (χ4n) is 4.21. The smallest absolute Gasteiger partial charge is 0.110 e. The van der Waals surface area contributed by atoms with Gasteiger partial charge in [-0.15, -0.1) is 0 Å². The molecule has 2 heterocycles. The van der Waals surface area contributed by atoms with Crippen LogP contribution >= 0.6 is 0 Å². The molecule has 2 aliphatic heterocycles. The topological polar surface area (TPSA) is 6.48 Å². The summed E-state index contributed by atoms with van der Waals surface area (Å²) in [5, 5.41) is 0. The molecule has 2 nitrogen and oxygen atoms in total. The number of rotatable bonds is 2. The van der Waals surface area contributed by atoms with E-state index in [2.05, 4.69) is 92.4 Å². The summed E-state index contributed by atoms with van der Waals surface area (Å²) in [6, 6.07) is 15.5. The van der Waals surface area contributed by atoms with Gasteiger partial charge in [0.25, 0.3) is 0 Å². The molecule has 0 aromatic heterocycles. The quantitative estimate of drug-likeness (QED) is 0.695. The minimum absolute atomic E-state index is 0.383. The predicted molar refractivity (Wildman–Crippen MR) is 103 cm³/mol. The molecule has 0 fully saturated rings. The first-order valence-corrected chi connectivity index (χ1v) is 9.01. The van der Waals surface area contributed by atoms with E-state index in [-0.39, 0.29) is 0 Å². The van der Waals surface area contributed by atoms with Crippen LogP contribution < -0.4 is 9.80 Å². The summed E-state index contributed by atoms with van der Waals surface area (Å²) in [6.07, 6.45) is 6.06. The van der Waals surface area contributed by atoms with Gasteiger partial charge in [-0.05, 0) is 47.9 Å². The van der Waals surface area contributed by atoms with E-state index in [9.17, 15) is 0 Å². The standard InChI is InChI=1S/C22H26N2/c1-15(2)18-9-7-10-19-17(4)14-21-23(12-13-24(21)22(18)19)20-11-6-5-8-16(20)3/h5-13,15,17,21H,14H2,1-4H3/t17?,21-/m1/s1. The monoisotopic (exact) mass is 318 g/mol. The number of benzene rings is 2. The second-order valence-electron chi connectivity index (χ2n) is 7.46. The number of aryl methyl sites for hydroxylation is 1. The van der Waals surface area contributed by atoms with Crippen LogP contribution in [0.25, 0.3) is 0 Å². The molecule has 1 unspecified atom stereocenters. The van der Waals surface area contributed by atoms with Crippen LogP contribution in [0.4, 0.5) is 11.4 Å². The van der Waals surface area contributed by atoms with Crippen LogP contribution in [-0.4, -0.2) is 6.17 Å². The third-order valence-corrected chi connectivity index (χ3v) is 5.50. The molecule has 0 spiro atoms. The van der Waals surface area contributed by atoms with E-state index >= 15 is 0 Å². The third-order valence-electron chi connectivity index (χ3n) is 5.50. The Hall–Kier alpha value is -2.22. The highest BCUT2D eigenvalue weighted by atomic mass is 15.4. The fraction of sp³-hybridized carbons (Fsp3) is 0.364. The first-order valence-electron chi connectivity index (χ1n) is 9.01. The van der Waals surface area contributed by atoms with Gasteiger partial charge in [0, 0.05) is 23.8 Å². The van der Waals surface area contributed by atoms with E-state index in [0.717, 1.165) is 6.42 Å². The molecule has 0 radical (unpaired) electrons. The number of fused-ring (bicyclic) bond motifs is 3. The lowest BCUT2D eigenvalue weighted by atomic mass is 9.85. The maximum absolute atomic E-state index is 2.50. The largest absolute Gasteiger partial charge is 0.325 e. The molecule has 24 heavy (non-hydrogen) atoms. The summed E-state index contributed by atoms with van der Waals surface area (Å²) in [7, 11) is 0. The Morgan fingerprint density at radius 2 is 1.71 bits per heavy atom. The summed E-state index contributed by atoms with van der Waals surface area (Å²) >= 11 is 0. The maximum atomic E-state index is 2.50. The van der Waals surface area contributed by atoms with Gasteiger partial charge in [0.2, 0.25) is 0 Å². The minimum Gasteiger partial charge on any atom is -0.325 e. The average molecular weight is 318 g/mol. The molecule has 2 atom stereocenters. The van der Waals surface area contributed by atoms with Crippen molar-refractivity contribution in [1.82, 2.24) is 0 Å². The van der Waals surface area contributed by atoms with Gasteiger partial charge in [-0.2, -0.15) is 0 Å². The number of nitrogens with zero attached hydrogens (tertiary/aromatic N) is 2. The van der Waals surface area contributed by atoms with Crippen molar-refractivity contribution in [2.75, 3.05) is 9.80 Å². The zero-order valence-electron chi connectivity index (χ0n) is 15.0. The fourth-order valence-corrected chi connectivity index (χ4v) is 4.21. The van der Waals surface area contributed by atoms with Crippen molar-refractivity contribution in [2.45, 2.75) is 52.1 Å². The van der Waals surface area contributed by atoms with Crippen molar-refractivity contribution < 1.29 is 0 Å². The Balaban J connectivity index is 1.80. The molecule has 0 N–H and O–H groups in total. The van der Waals surface area contributed by atoms with Crippen molar-refractivity contribution in [1.29, 1.82) is 0 Å². The number of para-hydroxylation sites is 2. The molecule has 2 heteroatoms. The Bertz CT molecular complexity index is 776. The van der Waals surface area contributed by atoms with Gasteiger partial charge in [0.1, 0.15) is 6.17 Å². The lowest BCUT2D eigenvalue weighted by Gasteiger charge is -2.42. The first-order chi connectivity index (χ1) is 11.6. The van der Waals surface area contributed by atoms with E-state index in [4.69, 9.17) is 0 Å². The van der Waals surface area contributed by atoms with Crippen LogP contribution in [0, 0.1) is 6.92 Å². The van der Waals surface area contributed by atoms with E-state index in [0.29, 0.717) is 18.0 Å². The van der Waals surface area contributed by atoms with Gasteiger partial charge in [-0.3, -0.25) is 0 Å². The highest BCUT2D eigenvalue weighted by Gasteiger charge is 2.37. The third kappa shape index (κ3) is 2.24. The molecule has 4 rings (SSSR count). The highest BCUT2D eigenvalue weighted by Crippen LogP contribution is 2.46. The van der Waals surface area contributed by atoms with Gasteiger partial charge < -0.3 is 9.80 Å². The number of hydrogen-bond acceptors (Lipinski definition) is 2. The second kappa shape index (κ2) is 5.70. The van der Waals surface area contributed by atoms with Gasteiger partial charge in [-0.25, -0.2) is 0 Å². The molecule has 2 aliphatic rings. The van der Waals surface area contributed by atoms with Crippen molar-refractivity contribution in [3.8, 4) is 0 Å². The molecule has 0 aliphatic carbocycles. The summed E-state index contributed by atoms with van der Waals surface area (Å²) in [4.78, 5) is 4.95. The van der Waals surface area contributed by atoms with E-state index < -0.39 is 0 Å². The Morgan fingerprint density at radius 1 is 0.958 bits per heavy atom. The van der Waals surface area contributed by atoms with Crippen molar-refractivity contribution in [2.24, 2.45) is 0 Å². The highest BCUT2D eigenvalue weighted by molar-refractivity contribution is 5.71. The van der Waals surface area contributed by atoms with Crippen LogP contribution in [-0.2, 0) is 0 Å². The molecule has 2 aromatic rings. The van der Waals surface area contributed by atoms with Crippen LogP contribution in [0.1, 0.15) is 55.7 Å². The molecule has 0 saturated heterocycles. The molecular formula is C22H26N2. The van der Waals surface area contributed by atoms with Gasteiger partial charge >= 0.3 is 0 Å². The predicted octanol–water partition coefficient (Wildman–Crippen LogP) is 5.75. The normalized spacial score (nSPS) is 22.0. The zero-order chi connectivity index (χ0) is 16.8. The summed E-state index contributed by atoms with van der Waals surface area (Å²) in [6.45, 7) is 9.16. The van der Waals surface area contributed by atoms with E-state index in [1.165, 1.54) is 28.1 Å². The summed E-state index contributed by atoms with van der Waals surface area (Å²) in [5.41, 5.74) is 7.04. The van der Waals surface area contributed by atoms with Gasteiger partial charge in [0.15, 0.2) is 0 Å². The lowest BCUT2D eigenvalue weighted by Crippen LogP contribution is -2.43. The summed E-state index contributed by atoms with van der Waals surface area (Å²) in [5.74, 6) is 1.11. The van der Waals surface area contributed by atoms with Gasteiger partial charge in [0.05, 0.1) is 0 Å². The van der Waals surface area contributed by atoms with Crippen LogP contribution in [0.2, 0.25) is 0 Å². The van der Waals surface area contributed by atoms with Crippen LogP contribution in [0.5, 0.6) is 0 Å². The van der Waals surface area contributed by atoms with Crippen molar-refractivity contribution in [3.63, 3.8) is 0 Å². The summed E-state index contributed by atoms with van der Waals surface area (Å²) < 4.78 is 0. The number of anilines is 2. The zero-order valence-corrected chi connectivity index (χ0v) is 15.0. The molecule has 0 amide bonds. The van der Waals surface area contributed by atoms with E-state index in [1.54, 1.807) is 0 Å². The lowest BCUT2D eigenvalue weighted by molar-refractivity contribution is 0.529. The average Bonchev–Trinajstić information content (AvgIpc) is 2.98. The molecular weight excluding hydrogens is 292 g/mol. The molecule has 2 aromatic carbocycles. The molecule has 0 bridgehead atoms. The minimum atomic E-state index is 0.383. The van der Waals surface area contributed by atoms with Crippen molar-refractivity contribution >= 4 is 11.4 Å². The van der Waals surface area contributed by atoms with Gasteiger partial charge in [-0.1, -0.05) is 57.2 Å². The van der Waals surface area contributed by atoms with E-state index in [1.807, 2.05) is 0 Å². The Morgan fingerprint density at radius 3 is 2.46 bits per heavy atom. The SMILES string of the molecule is Cc1ccccc1N1C=CN2c3c(C(C)C)cccc3C(C)C[C@H]12. The molecule has 0 saturated carbocycles. The Kier molecular flexibility index (Phi) is 3.64. The first kappa shape index (κ1) is 15.3.